The third-order valence-electron chi connectivity index (χ3n) is 4.56. The molecule has 32 heavy (non-hydrogen) atoms. The smallest absolute Gasteiger partial charge is 0.253 e. The molecule has 0 aliphatic heterocycles. The van der Waals surface area contributed by atoms with Gasteiger partial charge in [0.05, 0.1) is 17.1 Å². The highest BCUT2D eigenvalue weighted by molar-refractivity contribution is 6.36. The van der Waals surface area contributed by atoms with Gasteiger partial charge in [0.2, 0.25) is 11.8 Å². The topological polar surface area (TPSA) is 78.5 Å². The quantitative estimate of drug-likeness (QED) is 0.563. The molecule has 1 unspecified atom stereocenters. The lowest BCUT2D eigenvalue weighted by atomic mass is 10.0. The monoisotopic (exact) mass is 473 g/mol. The minimum atomic E-state index is -0.822. The summed E-state index contributed by atoms with van der Waals surface area (Å²) in [5.41, 5.74) is 1.38. The molecule has 8 heteroatoms. The molecule has 0 heterocycles. The molecule has 2 aromatic carbocycles. The third kappa shape index (κ3) is 7.30. The lowest BCUT2D eigenvalue weighted by Gasteiger charge is -2.25. The van der Waals surface area contributed by atoms with Crippen LogP contribution in [-0.4, -0.2) is 42.3 Å². The SMILES string of the molecule is C#Cc1cccc(NC(=O)CN(C)C(=O)C(CC(C)C)NC(=O)c2ccc(Cl)cc2Cl)c1. The van der Waals surface area contributed by atoms with Crippen LogP contribution in [0.25, 0.3) is 0 Å². The summed E-state index contributed by atoms with van der Waals surface area (Å²) in [5.74, 6) is 1.36. The first kappa shape index (κ1) is 25.3. The van der Waals surface area contributed by atoms with Gasteiger partial charge in [0.15, 0.2) is 0 Å². The standard InChI is InChI=1S/C24H25Cl2N3O3/c1-5-16-7-6-8-18(12-16)27-22(30)14-29(4)24(32)21(11-15(2)3)28-23(31)19-10-9-17(25)13-20(19)26/h1,6-10,12-13,15,21H,11,14H2,2-4H3,(H,27,30)(H,28,31). The minimum Gasteiger partial charge on any atom is -0.340 e. The lowest BCUT2D eigenvalue weighted by Crippen LogP contribution is -2.49. The normalized spacial score (nSPS) is 11.4. The van der Waals surface area contributed by atoms with Crippen LogP contribution in [0.5, 0.6) is 0 Å². The Bertz CT molecular complexity index is 1050. The van der Waals surface area contributed by atoms with Crippen molar-refractivity contribution in [3.63, 3.8) is 0 Å². The molecule has 6 nitrogen and oxygen atoms in total. The van der Waals surface area contributed by atoms with E-state index in [1.165, 1.54) is 24.1 Å². The molecule has 3 amide bonds. The van der Waals surface area contributed by atoms with E-state index >= 15 is 0 Å². The van der Waals surface area contributed by atoms with Crippen molar-refractivity contribution in [3.05, 3.63) is 63.6 Å². The van der Waals surface area contributed by atoms with Crippen LogP contribution in [0.15, 0.2) is 42.5 Å². The number of nitrogens with zero attached hydrogens (tertiary/aromatic N) is 1. The van der Waals surface area contributed by atoms with E-state index in [4.69, 9.17) is 29.6 Å². The van der Waals surface area contributed by atoms with Crippen LogP contribution >= 0.6 is 23.2 Å². The largest absolute Gasteiger partial charge is 0.340 e. The van der Waals surface area contributed by atoms with E-state index in [0.29, 0.717) is 22.7 Å². The Balaban J connectivity index is 2.07. The summed E-state index contributed by atoms with van der Waals surface area (Å²) in [4.78, 5) is 39.4. The second-order valence-electron chi connectivity index (χ2n) is 7.75. The number of hydrogen-bond acceptors (Lipinski definition) is 3. The van der Waals surface area contributed by atoms with Gasteiger partial charge < -0.3 is 15.5 Å². The number of carbonyl (C=O) groups is 3. The molecule has 0 aliphatic carbocycles. The van der Waals surface area contributed by atoms with E-state index in [1.807, 2.05) is 13.8 Å². The van der Waals surface area contributed by atoms with Gasteiger partial charge in [-0.25, -0.2) is 0 Å². The maximum Gasteiger partial charge on any atom is 0.253 e. The summed E-state index contributed by atoms with van der Waals surface area (Å²) in [5, 5.41) is 6.04. The highest BCUT2D eigenvalue weighted by atomic mass is 35.5. The Hall–Kier alpha value is -3.01. The first-order chi connectivity index (χ1) is 15.1. The van der Waals surface area contributed by atoms with Crippen LogP contribution < -0.4 is 10.6 Å². The van der Waals surface area contributed by atoms with Gasteiger partial charge in [-0.3, -0.25) is 14.4 Å². The number of amides is 3. The zero-order chi connectivity index (χ0) is 23.8. The van der Waals surface area contributed by atoms with E-state index in [9.17, 15) is 14.4 Å². The molecule has 168 valence electrons. The van der Waals surface area contributed by atoms with Crippen LogP contribution in [0, 0.1) is 18.3 Å². The highest BCUT2D eigenvalue weighted by Gasteiger charge is 2.27. The fourth-order valence-electron chi connectivity index (χ4n) is 3.05. The molecule has 0 fully saturated rings. The van der Waals surface area contributed by atoms with E-state index < -0.39 is 11.9 Å². The summed E-state index contributed by atoms with van der Waals surface area (Å²) in [6, 6.07) is 10.5. The van der Waals surface area contributed by atoms with Crippen molar-refractivity contribution in [2.24, 2.45) is 5.92 Å². The second-order valence-corrected chi connectivity index (χ2v) is 8.59. The van der Waals surface area contributed by atoms with Gasteiger partial charge in [-0.05, 0) is 48.7 Å². The number of benzene rings is 2. The van der Waals surface area contributed by atoms with E-state index in [0.717, 1.165) is 0 Å². The first-order valence-electron chi connectivity index (χ1n) is 9.98. The van der Waals surface area contributed by atoms with Crippen molar-refractivity contribution >= 4 is 46.6 Å². The van der Waals surface area contributed by atoms with Crippen molar-refractivity contribution in [1.29, 1.82) is 0 Å². The molecule has 0 radical (unpaired) electrons. The second kappa shape index (κ2) is 11.6. The maximum absolute atomic E-state index is 13.0. The Morgan fingerprint density at radius 1 is 1.12 bits per heavy atom. The van der Waals surface area contributed by atoms with Crippen molar-refractivity contribution in [1.82, 2.24) is 10.2 Å². The Kier molecular flexibility index (Phi) is 9.13. The predicted octanol–water partition coefficient (Wildman–Crippen LogP) is 4.22. The van der Waals surface area contributed by atoms with Gasteiger partial charge in [-0.2, -0.15) is 0 Å². The molecule has 0 saturated carbocycles. The summed E-state index contributed by atoms with van der Waals surface area (Å²) in [6.45, 7) is 3.69. The highest BCUT2D eigenvalue weighted by Crippen LogP contribution is 2.21. The van der Waals surface area contributed by atoms with Crippen LogP contribution in [-0.2, 0) is 9.59 Å². The maximum atomic E-state index is 13.0. The molecule has 1 atom stereocenters. The van der Waals surface area contributed by atoms with E-state index in [2.05, 4.69) is 16.6 Å². The van der Waals surface area contributed by atoms with E-state index in [-0.39, 0.29) is 34.9 Å². The van der Waals surface area contributed by atoms with Crippen LogP contribution in [0.3, 0.4) is 0 Å². The van der Waals surface area contributed by atoms with Gasteiger partial charge >= 0.3 is 0 Å². The number of nitrogens with one attached hydrogen (secondary N) is 2. The number of carbonyl (C=O) groups excluding carboxylic acids is 3. The molecule has 0 aromatic heterocycles. The van der Waals surface area contributed by atoms with Crippen molar-refractivity contribution in [2.75, 3.05) is 18.9 Å². The number of hydrogen-bond donors (Lipinski definition) is 2. The number of rotatable bonds is 8. The first-order valence-corrected chi connectivity index (χ1v) is 10.7. The van der Waals surface area contributed by atoms with Crippen LogP contribution in [0.2, 0.25) is 10.0 Å². The zero-order valence-corrected chi connectivity index (χ0v) is 19.6. The molecule has 2 aromatic rings. The zero-order valence-electron chi connectivity index (χ0n) is 18.1. The Morgan fingerprint density at radius 3 is 2.47 bits per heavy atom. The molecule has 2 N–H and O–H groups in total. The molecule has 2 rings (SSSR count). The van der Waals surface area contributed by atoms with Gasteiger partial charge in [0, 0.05) is 23.3 Å². The third-order valence-corrected chi connectivity index (χ3v) is 5.10. The number of halogens is 2. The van der Waals surface area contributed by atoms with Crippen LogP contribution in [0.1, 0.15) is 36.2 Å². The van der Waals surface area contributed by atoms with Gasteiger partial charge in [0.1, 0.15) is 6.04 Å². The average molecular weight is 474 g/mol. The lowest BCUT2D eigenvalue weighted by molar-refractivity contribution is -0.135. The summed E-state index contributed by atoms with van der Waals surface area (Å²) in [7, 11) is 1.51. The minimum absolute atomic E-state index is 0.124. The van der Waals surface area contributed by atoms with Crippen LogP contribution in [0.4, 0.5) is 5.69 Å². The Labute approximate surface area is 198 Å². The number of likely N-dealkylation sites (N-methyl/N-ethyl adjacent to an activating group) is 1. The summed E-state index contributed by atoms with van der Waals surface area (Å²) < 4.78 is 0. The predicted molar refractivity (Wildman–Crippen MR) is 128 cm³/mol. The average Bonchev–Trinajstić information content (AvgIpc) is 2.72. The molecular weight excluding hydrogens is 449 g/mol. The summed E-state index contributed by atoms with van der Waals surface area (Å²) >= 11 is 12.0. The molecule has 0 saturated heterocycles. The van der Waals surface area contributed by atoms with Gasteiger partial charge in [-0.15, -0.1) is 6.42 Å². The van der Waals surface area contributed by atoms with Crippen molar-refractivity contribution in [2.45, 2.75) is 26.3 Å². The van der Waals surface area contributed by atoms with Gasteiger partial charge in [-0.1, -0.05) is 49.0 Å². The number of terminal acetylenes is 1. The fraction of sp³-hybridized carbons (Fsp3) is 0.292. The molecule has 0 bridgehead atoms. The van der Waals surface area contributed by atoms with Gasteiger partial charge in [0.25, 0.3) is 5.91 Å². The molecule has 0 spiro atoms. The summed E-state index contributed by atoms with van der Waals surface area (Å²) in [6.07, 6.45) is 5.77. The molecular formula is C24H25Cl2N3O3. The van der Waals surface area contributed by atoms with E-state index in [1.54, 1.807) is 30.3 Å². The van der Waals surface area contributed by atoms with Crippen molar-refractivity contribution in [3.8, 4) is 12.3 Å². The molecule has 0 aliphatic rings. The Morgan fingerprint density at radius 2 is 1.84 bits per heavy atom. The van der Waals surface area contributed by atoms with Crippen molar-refractivity contribution < 1.29 is 14.4 Å². The fourth-order valence-corrected chi connectivity index (χ4v) is 3.54. The number of anilines is 1.